The van der Waals surface area contributed by atoms with Crippen LogP contribution in [0.4, 0.5) is 4.39 Å². The summed E-state index contributed by atoms with van der Waals surface area (Å²) in [6.45, 7) is 6.16. The molecule has 8 heteroatoms. The molecule has 0 aliphatic heterocycles. The summed E-state index contributed by atoms with van der Waals surface area (Å²) in [6, 6.07) is 6.20. The Kier molecular flexibility index (Phi) is 7.49. The monoisotopic (exact) mass is 453 g/mol. The van der Waals surface area contributed by atoms with Crippen LogP contribution in [-0.2, 0) is 17.8 Å². The second-order valence-corrected chi connectivity index (χ2v) is 9.26. The Morgan fingerprint density at radius 1 is 1.33 bits per heavy atom. The van der Waals surface area contributed by atoms with Gasteiger partial charge in [-0.05, 0) is 79.2 Å². The maximum atomic E-state index is 13.3. The number of benzene rings is 1. The number of carbonyl (C=O) groups is 1. The molecular weight excluding hydrogens is 433 g/mol. The van der Waals surface area contributed by atoms with Gasteiger partial charge in [0, 0.05) is 4.75 Å². The summed E-state index contributed by atoms with van der Waals surface area (Å²) in [5.74, 6) is -0.301. The van der Waals surface area contributed by atoms with Gasteiger partial charge in [-0.15, -0.1) is 0 Å². The van der Waals surface area contributed by atoms with Gasteiger partial charge in [0.15, 0.2) is 0 Å². The maximum absolute atomic E-state index is 13.3. The third-order valence-corrected chi connectivity index (χ3v) is 5.19. The van der Waals surface area contributed by atoms with Crippen LogP contribution in [0.25, 0.3) is 0 Å². The molecule has 0 aliphatic carbocycles. The van der Waals surface area contributed by atoms with E-state index < -0.39 is 0 Å². The van der Waals surface area contributed by atoms with Crippen LogP contribution in [-0.4, -0.2) is 26.3 Å². The van der Waals surface area contributed by atoms with Gasteiger partial charge in [0.2, 0.25) is 0 Å². The smallest absolute Gasteiger partial charge is 0.268 e. The van der Waals surface area contributed by atoms with Crippen LogP contribution in [0.2, 0.25) is 0 Å². The Bertz CT molecular complexity index is 889. The van der Waals surface area contributed by atoms with Crippen molar-refractivity contribution >= 4 is 39.9 Å². The molecule has 0 unspecified atom stereocenters. The van der Waals surface area contributed by atoms with E-state index in [2.05, 4.69) is 46.1 Å². The first kappa shape index (κ1) is 21.5. The van der Waals surface area contributed by atoms with E-state index in [9.17, 15) is 14.0 Å². The highest BCUT2D eigenvalue weighted by Crippen LogP contribution is 2.26. The van der Waals surface area contributed by atoms with Gasteiger partial charge in [-0.25, -0.2) is 13.8 Å². The van der Waals surface area contributed by atoms with Gasteiger partial charge in [-0.1, -0.05) is 12.1 Å². The predicted octanol–water partition coefficient (Wildman–Crippen LogP) is 4.21. The van der Waals surface area contributed by atoms with Crippen LogP contribution in [0.1, 0.15) is 38.4 Å². The van der Waals surface area contributed by atoms with Crippen LogP contribution in [0.5, 0.6) is 0 Å². The number of rotatable bonds is 7. The zero-order chi connectivity index (χ0) is 20.0. The molecule has 1 aromatic heterocycles. The van der Waals surface area contributed by atoms with E-state index >= 15 is 0 Å². The topological polar surface area (TPSA) is 64.3 Å². The van der Waals surface area contributed by atoms with E-state index in [1.807, 2.05) is 0 Å². The molecule has 2 aromatic rings. The quantitative estimate of drug-likeness (QED) is 0.357. The molecule has 5 nitrogen and oxygen atoms in total. The van der Waals surface area contributed by atoms with E-state index in [-0.39, 0.29) is 22.7 Å². The molecule has 2 rings (SSSR count). The van der Waals surface area contributed by atoms with Crippen LogP contribution in [0, 0.1) is 5.82 Å². The number of carbonyl (C=O) groups excluding carboxylic acids is 1. The normalized spacial score (nSPS) is 12.3. The molecule has 0 bridgehead atoms. The lowest BCUT2D eigenvalue weighted by atomic mass is 10.0. The SMILES string of the molecule is CC(C)(C)S/N=C(\CCc1ncn(CC=O)c(=O)c1Br)c1ccc(F)cc1. The van der Waals surface area contributed by atoms with Crippen molar-refractivity contribution in [1.29, 1.82) is 0 Å². The molecule has 0 spiro atoms. The third-order valence-electron chi connectivity index (χ3n) is 3.53. The molecule has 0 atom stereocenters. The zero-order valence-corrected chi connectivity index (χ0v) is 17.8. The lowest BCUT2D eigenvalue weighted by Crippen LogP contribution is -2.23. The second-order valence-electron chi connectivity index (χ2n) is 6.88. The van der Waals surface area contributed by atoms with Crippen molar-refractivity contribution < 1.29 is 9.18 Å². The Balaban J connectivity index is 2.26. The Labute approximate surface area is 170 Å². The van der Waals surface area contributed by atoms with Gasteiger partial charge in [0.25, 0.3) is 5.56 Å². The minimum Gasteiger partial charge on any atom is -0.301 e. The number of aldehydes is 1. The first-order valence-corrected chi connectivity index (χ1v) is 9.96. The molecule has 27 heavy (non-hydrogen) atoms. The van der Waals surface area contributed by atoms with E-state index in [0.717, 1.165) is 11.3 Å². The second kappa shape index (κ2) is 9.41. The average Bonchev–Trinajstić information content (AvgIpc) is 2.61. The van der Waals surface area contributed by atoms with Crippen molar-refractivity contribution in [2.45, 2.75) is 44.9 Å². The Hall–Kier alpha value is -1.80. The summed E-state index contributed by atoms with van der Waals surface area (Å²) in [5.41, 5.74) is 1.94. The number of aromatic nitrogens is 2. The largest absolute Gasteiger partial charge is 0.301 e. The molecule has 1 heterocycles. The molecule has 0 saturated heterocycles. The summed E-state index contributed by atoms with van der Waals surface area (Å²) >= 11 is 4.73. The number of aryl methyl sites for hydroxylation is 1. The first-order valence-electron chi connectivity index (χ1n) is 8.39. The molecular formula is C19H21BrFN3O2S. The van der Waals surface area contributed by atoms with Crippen molar-refractivity contribution in [1.82, 2.24) is 9.55 Å². The average molecular weight is 454 g/mol. The van der Waals surface area contributed by atoms with Gasteiger partial charge in [0.05, 0.1) is 24.3 Å². The van der Waals surface area contributed by atoms with Crippen LogP contribution >= 0.6 is 27.9 Å². The van der Waals surface area contributed by atoms with Crippen molar-refractivity contribution in [2.24, 2.45) is 4.40 Å². The lowest BCUT2D eigenvalue weighted by Gasteiger charge is -2.15. The fourth-order valence-corrected chi connectivity index (χ4v) is 3.31. The summed E-state index contributed by atoms with van der Waals surface area (Å²) in [4.78, 5) is 27.1. The molecule has 0 saturated carbocycles. The molecule has 0 radical (unpaired) electrons. The van der Waals surface area contributed by atoms with Crippen LogP contribution in [0.15, 0.2) is 44.3 Å². The number of hydrogen-bond acceptors (Lipinski definition) is 5. The third kappa shape index (κ3) is 6.39. The van der Waals surface area contributed by atoms with Crippen LogP contribution < -0.4 is 5.56 Å². The fraction of sp³-hybridized carbons (Fsp3) is 0.368. The van der Waals surface area contributed by atoms with Gasteiger partial charge >= 0.3 is 0 Å². The summed E-state index contributed by atoms with van der Waals surface area (Å²) in [5, 5.41) is 0. The van der Waals surface area contributed by atoms with Crippen molar-refractivity contribution in [2.75, 3.05) is 0 Å². The van der Waals surface area contributed by atoms with E-state index in [1.165, 1.54) is 35.0 Å². The van der Waals surface area contributed by atoms with Crippen molar-refractivity contribution in [3.05, 3.63) is 62.5 Å². The number of hydrogen-bond donors (Lipinski definition) is 0. The summed E-state index contributed by atoms with van der Waals surface area (Å²) in [6.07, 6.45) is 3.05. The first-order chi connectivity index (χ1) is 12.7. The molecule has 0 N–H and O–H groups in total. The standard InChI is InChI=1S/C19H21BrFN3O2S/c1-19(2,3)27-23-15(13-4-6-14(21)7-5-13)8-9-16-17(20)18(26)24(10-11-25)12-22-16/h4-7,11-12H,8-10H2,1-3H3/b23-15+. The minimum absolute atomic E-state index is 0.0325. The lowest BCUT2D eigenvalue weighted by molar-refractivity contribution is -0.108. The summed E-state index contributed by atoms with van der Waals surface area (Å²) < 4.78 is 19.4. The number of halogens is 2. The molecule has 0 fully saturated rings. The molecule has 0 amide bonds. The maximum Gasteiger partial charge on any atom is 0.268 e. The van der Waals surface area contributed by atoms with E-state index in [0.29, 0.717) is 29.3 Å². The molecule has 0 aliphatic rings. The predicted molar refractivity (Wildman–Crippen MR) is 111 cm³/mol. The number of nitrogens with zero attached hydrogens (tertiary/aromatic N) is 3. The minimum atomic E-state index is -0.301. The molecule has 1 aromatic carbocycles. The van der Waals surface area contributed by atoms with Crippen molar-refractivity contribution in [3.63, 3.8) is 0 Å². The summed E-state index contributed by atoms with van der Waals surface area (Å²) in [7, 11) is 0. The Morgan fingerprint density at radius 3 is 2.59 bits per heavy atom. The van der Waals surface area contributed by atoms with Gasteiger partial charge in [-0.3, -0.25) is 9.36 Å². The van der Waals surface area contributed by atoms with Crippen LogP contribution in [0.3, 0.4) is 0 Å². The highest BCUT2D eigenvalue weighted by Gasteiger charge is 2.14. The van der Waals surface area contributed by atoms with Gasteiger partial charge in [0.1, 0.15) is 16.6 Å². The highest BCUT2D eigenvalue weighted by atomic mass is 79.9. The van der Waals surface area contributed by atoms with Gasteiger partial charge < -0.3 is 4.79 Å². The Morgan fingerprint density at radius 2 is 2.00 bits per heavy atom. The van der Waals surface area contributed by atoms with E-state index in [1.54, 1.807) is 12.1 Å². The zero-order valence-electron chi connectivity index (χ0n) is 15.4. The molecule has 144 valence electrons. The fourth-order valence-electron chi connectivity index (χ4n) is 2.20. The van der Waals surface area contributed by atoms with Gasteiger partial charge in [-0.2, -0.15) is 0 Å². The highest BCUT2D eigenvalue weighted by molar-refractivity contribution is 9.10. The van der Waals surface area contributed by atoms with Crippen molar-refractivity contribution in [3.8, 4) is 0 Å². The van der Waals surface area contributed by atoms with E-state index in [4.69, 9.17) is 0 Å².